The predicted octanol–water partition coefficient (Wildman–Crippen LogP) is 1.20. The Bertz CT molecular complexity index is 589. The number of hydrogen-bond acceptors (Lipinski definition) is 4. The van der Waals surface area contributed by atoms with Crippen molar-refractivity contribution in [2.24, 2.45) is 0 Å². The molecular formula is C15H19N5O. The average molecular weight is 285 g/mol. The predicted molar refractivity (Wildman–Crippen MR) is 78.9 cm³/mol. The highest BCUT2D eigenvalue weighted by Gasteiger charge is 2.23. The molecule has 1 unspecified atom stereocenters. The molecular weight excluding hydrogens is 266 g/mol. The van der Waals surface area contributed by atoms with Crippen molar-refractivity contribution in [3.05, 3.63) is 42.2 Å². The molecule has 1 aromatic heterocycles. The van der Waals surface area contributed by atoms with E-state index in [9.17, 15) is 4.79 Å². The summed E-state index contributed by atoms with van der Waals surface area (Å²) < 4.78 is 1.71. The Kier molecular flexibility index (Phi) is 3.96. The summed E-state index contributed by atoms with van der Waals surface area (Å²) in [6, 6.07) is 8.59. The summed E-state index contributed by atoms with van der Waals surface area (Å²) in [6.07, 6.45) is 5.69. The number of hydrogen-bond donors (Lipinski definition) is 2. The molecule has 1 aliphatic rings. The van der Waals surface area contributed by atoms with E-state index in [1.165, 1.54) is 0 Å². The number of amides is 1. The van der Waals surface area contributed by atoms with Crippen LogP contribution in [0.1, 0.15) is 31.4 Å². The third-order valence-electron chi connectivity index (χ3n) is 3.59. The van der Waals surface area contributed by atoms with Crippen LogP contribution in [0.4, 0.5) is 0 Å². The van der Waals surface area contributed by atoms with Gasteiger partial charge in [-0.3, -0.25) is 4.79 Å². The highest BCUT2D eigenvalue weighted by Crippen LogP contribution is 2.18. The molecule has 3 rings (SSSR count). The van der Waals surface area contributed by atoms with E-state index in [-0.39, 0.29) is 11.9 Å². The molecule has 1 aliphatic carbocycles. The molecule has 0 spiro atoms. The first-order valence-corrected chi connectivity index (χ1v) is 7.22. The lowest BCUT2D eigenvalue weighted by atomic mass is 10.1. The molecule has 1 amide bonds. The Balaban J connectivity index is 1.54. The number of nitrogens with zero attached hydrogens (tertiary/aromatic N) is 3. The molecule has 110 valence electrons. The van der Waals surface area contributed by atoms with Crippen molar-refractivity contribution in [3.63, 3.8) is 0 Å². The Morgan fingerprint density at radius 3 is 2.76 bits per heavy atom. The smallest absolute Gasteiger partial charge is 0.234 e. The summed E-state index contributed by atoms with van der Waals surface area (Å²) in [6.45, 7) is 2.40. The first-order valence-electron chi connectivity index (χ1n) is 7.22. The summed E-state index contributed by atoms with van der Waals surface area (Å²) in [7, 11) is 0. The van der Waals surface area contributed by atoms with E-state index in [1.807, 2.05) is 24.3 Å². The van der Waals surface area contributed by atoms with Crippen molar-refractivity contribution in [1.29, 1.82) is 0 Å². The van der Waals surface area contributed by atoms with Gasteiger partial charge < -0.3 is 10.6 Å². The highest BCUT2D eigenvalue weighted by atomic mass is 16.2. The zero-order valence-corrected chi connectivity index (χ0v) is 12.0. The molecule has 2 N–H and O–H groups in total. The topological polar surface area (TPSA) is 71.8 Å². The van der Waals surface area contributed by atoms with E-state index in [2.05, 4.69) is 27.9 Å². The highest BCUT2D eigenvalue weighted by molar-refractivity contribution is 5.78. The third-order valence-corrected chi connectivity index (χ3v) is 3.59. The molecule has 0 saturated heterocycles. The van der Waals surface area contributed by atoms with Gasteiger partial charge in [-0.1, -0.05) is 17.3 Å². The Labute approximate surface area is 123 Å². The van der Waals surface area contributed by atoms with E-state index < -0.39 is 0 Å². The van der Waals surface area contributed by atoms with E-state index in [0.717, 1.165) is 24.1 Å². The quantitative estimate of drug-likeness (QED) is 0.836. The maximum Gasteiger partial charge on any atom is 0.234 e. The van der Waals surface area contributed by atoms with Crippen molar-refractivity contribution in [2.45, 2.75) is 31.8 Å². The number of carbonyl (C=O) groups is 1. The lowest BCUT2D eigenvalue weighted by Gasteiger charge is -2.14. The van der Waals surface area contributed by atoms with E-state index in [1.54, 1.807) is 17.1 Å². The van der Waals surface area contributed by atoms with Crippen molar-refractivity contribution in [1.82, 2.24) is 25.6 Å². The monoisotopic (exact) mass is 285 g/mol. The second-order valence-corrected chi connectivity index (χ2v) is 5.38. The standard InChI is InChI=1S/C15H19N5O/c1-11(16-10-15(21)18-13-4-5-13)12-2-6-14(7-3-12)20-9-8-17-19-20/h2-3,6-9,11,13,16H,4-5,10H2,1H3,(H,18,21). The first-order chi connectivity index (χ1) is 10.2. The Hall–Kier alpha value is -2.21. The van der Waals surface area contributed by atoms with Crippen LogP contribution in [-0.4, -0.2) is 33.5 Å². The van der Waals surface area contributed by atoms with Crippen molar-refractivity contribution < 1.29 is 4.79 Å². The van der Waals surface area contributed by atoms with Crippen LogP contribution in [-0.2, 0) is 4.79 Å². The molecule has 6 heteroatoms. The second-order valence-electron chi connectivity index (χ2n) is 5.38. The van der Waals surface area contributed by atoms with Crippen molar-refractivity contribution in [3.8, 4) is 5.69 Å². The fraction of sp³-hybridized carbons (Fsp3) is 0.400. The Morgan fingerprint density at radius 2 is 2.14 bits per heavy atom. The number of benzene rings is 1. The molecule has 1 fully saturated rings. The van der Waals surface area contributed by atoms with Gasteiger partial charge in [0.1, 0.15) is 0 Å². The fourth-order valence-electron chi connectivity index (χ4n) is 2.13. The zero-order chi connectivity index (χ0) is 14.7. The molecule has 0 radical (unpaired) electrons. The first kappa shape index (κ1) is 13.8. The lowest BCUT2D eigenvalue weighted by Crippen LogP contribution is -2.36. The Morgan fingerprint density at radius 1 is 1.38 bits per heavy atom. The molecule has 1 aromatic carbocycles. The van der Waals surface area contributed by atoms with Gasteiger partial charge in [0.15, 0.2) is 0 Å². The molecule has 2 aromatic rings. The van der Waals surface area contributed by atoms with Gasteiger partial charge in [0.2, 0.25) is 5.91 Å². The minimum absolute atomic E-state index is 0.0728. The number of rotatable bonds is 6. The van der Waals surface area contributed by atoms with Crippen LogP contribution in [0.25, 0.3) is 5.69 Å². The number of aromatic nitrogens is 3. The average Bonchev–Trinajstić information content (AvgIpc) is 3.15. The van der Waals surface area contributed by atoms with Crippen LogP contribution >= 0.6 is 0 Å². The molecule has 1 heterocycles. The van der Waals surface area contributed by atoms with Gasteiger partial charge in [-0.15, -0.1) is 5.10 Å². The van der Waals surface area contributed by atoms with E-state index >= 15 is 0 Å². The molecule has 21 heavy (non-hydrogen) atoms. The number of carbonyl (C=O) groups excluding carboxylic acids is 1. The number of nitrogens with one attached hydrogen (secondary N) is 2. The summed E-state index contributed by atoms with van der Waals surface area (Å²) in [4.78, 5) is 11.6. The van der Waals surface area contributed by atoms with Crippen LogP contribution in [0.5, 0.6) is 0 Å². The van der Waals surface area contributed by atoms with Gasteiger partial charge in [0.25, 0.3) is 0 Å². The third kappa shape index (κ3) is 3.66. The van der Waals surface area contributed by atoms with Crippen LogP contribution in [0.3, 0.4) is 0 Å². The van der Waals surface area contributed by atoms with E-state index in [0.29, 0.717) is 12.6 Å². The molecule has 1 atom stereocenters. The van der Waals surface area contributed by atoms with Crippen LogP contribution in [0.2, 0.25) is 0 Å². The van der Waals surface area contributed by atoms with Gasteiger partial charge in [-0.2, -0.15) is 0 Å². The van der Waals surface area contributed by atoms with Crippen LogP contribution < -0.4 is 10.6 Å². The van der Waals surface area contributed by atoms with Gasteiger partial charge in [-0.05, 0) is 37.5 Å². The van der Waals surface area contributed by atoms with Gasteiger partial charge >= 0.3 is 0 Å². The minimum atomic E-state index is 0.0728. The van der Waals surface area contributed by atoms with Crippen LogP contribution in [0, 0.1) is 0 Å². The summed E-state index contributed by atoms with van der Waals surface area (Å²) in [5.41, 5.74) is 2.10. The largest absolute Gasteiger partial charge is 0.352 e. The molecule has 0 bridgehead atoms. The summed E-state index contributed by atoms with van der Waals surface area (Å²) >= 11 is 0. The molecule has 1 saturated carbocycles. The van der Waals surface area contributed by atoms with Crippen molar-refractivity contribution >= 4 is 5.91 Å². The summed E-state index contributed by atoms with van der Waals surface area (Å²) in [5.74, 6) is 0.0728. The van der Waals surface area contributed by atoms with Gasteiger partial charge in [0, 0.05) is 12.1 Å². The zero-order valence-electron chi connectivity index (χ0n) is 12.0. The fourth-order valence-corrected chi connectivity index (χ4v) is 2.13. The maximum atomic E-state index is 11.6. The van der Waals surface area contributed by atoms with Crippen molar-refractivity contribution in [2.75, 3.05) is 6.54 Å². The normalized spacial score (nSPS) is 15.7. The van der Waals surface area contributed by atoms with Gasteiger partial charge in [-0.25, -0.2) is 4.68 Å². The van der Waals surface area contributed by atoms with E-state index in [4.69, 9.17) is 0 Å². The minimum Gasteiger partial charge on any atom is -0.352 e. The SMILES string of the molecule is CC(NCC(=O)NC1CC1)c1ccc(-n2ccnn2)cc1. The molecule has 0 aliphatic heterocycles. The van der Waals surface area contributed by atoms with Crippen LogP contribution in [0.15, 0.2) is 36.7 Å². The van der Waals surface area contributed by atoms with Gasteiger partial charge in [0.05, 0.1) is 24.6 Å². The lowest BCUT2D eigenvalue weighted by molar-refractivity contribution is -0.120. The maximum absolute atomic E-state index is 11.6. The summed E-state index contributed by atoms with van der Waals surface area (Å²) in [5, 5.41) is 13.9. The molecule has 6 nitrogen and oxygen atoms in total. The second kappa shape index (κ2) is 6.05.